The summed E-state index contributed by atoms with van der Waals surface area (Å²) in [5, 5.41) is -0.211. The molecule has 1 atom stereocenters. The van der Waals surface area contributed by atoms with Crippen molar-refractivity contribution >= 4 is 23.5 Å². The summed E-state index contributed by atoms with van der Waals surface area (Å²) >= 11 is 6.05. The Morgan fingerprint density at radius 3 is 2.28 bits per heavy atom. The molecule has 2 radical (unpaired) electrons. The van der Waals surface area contributed by atoms with Gasteiger partial charge in [0, 0.05) is 18.5 Å². The second-order valence-electron chi connectivity index (χ2n) is 6.71. The fraction of sp³-hybridized carbons (Fsp3) is 0.474. The molecular formula is C19H26ClNO4. The Morgan fingerprint density at radius 1 is 1.20 bits per heavy atom. The van der Waals surface area contributed by atoms with Crippen molar-refractivity contribution in [3.05, 3.63) is 42.7 Å². The Balaban J connectivity index is 2.66. The number of amides is 1. The average Bonchev–Trinajstić information content (AvgIpc) is 2.50. The minimum atomic E-state index is -0.599. The molecule has 1 amide bonds. The quantitative estimate of drug-likeness (QED) is 0.522. The summed E-state index contributed by atoms with van der Waals surface area (Å²) in [5.74, 6) is -0.101. The third kappa shape index (κ3) is 8.77. The molecule has 0 N–H and O–H groups in total. The van der Waals surface area contributed by atoms with E-state index in [-0.39, 0.29) is 11.3 Å². The van der Waals surface area contributed by atoms with Gasteiger partial charge in [-0.3, -0.25) is 9.59 Å². The van der Waals surface area contributed by atoms with Gasteiger partial charge in [0.2, 0.25) is 5.91 Å². The molecule has 5 nitrogen and oxygen atoms in total. The Labute approximate surface area is 155 Å². The maximum absolute atomic E-state index is 12.4. The molecule has 25 heavy (non-hydrogen) atoms. The molecule has 0 saturated heterocycles. The molecule has 1 aromatic carbocycles. The highest BCUT2D eigenvalue weighted by molar-refractivity contribution is 6.20. The van der Waals surface area contributed by atoms with E-state index in [4.69, 9.17) is 21.1 Å². The number of hydrogen-bond donors (Lipinski definition) is 0. The average molecular weight is 368 g/mol. The molecule has 6 heteroatoms. The molecule has 1 rings (SSSR count). The molecule has 0 spiro atoms. The maximum Gasteiger partial charge on any atom is 0.311 e. The molecule has 0 unspecified atom stereocenters. The van der Waals surface area contributed by atoms with Crippen LogP contribution < -0.4 is 4.74 Å². The second-order valence-corrected chi connectivity index (χ2v) is 7.46. The summed E-state index contributed by atoms with van der Waals surface area (Å²) < 4.78 is 10.3. The van der Waals surface area contributed by atoms with Crippen LogP contribution in [0, 0.1) is 12.8 Å². The highest BCUT2D eigenvalue weighted by Crippen LogP contribution is 2.15. The van der Waals surface area contributed by atoms with E-state index < -0.39 is 11.6 Å². The van der Waals surface area contributed by atoms with Crippen molar-refractivity contribution in [2.45, 2.75) is 45.2 Å². The fourth-order valence-corrected chi connectivity index (χ4v) is 2.23. The molecular weight excluding hydrogens is 342 g/mol. The van der Waals surface area contributed by atoms with Gasteiger partial charge in [-0.1, -0.05) is 12.1 Å². The summed E-state index contributed by atoms with van der Waals surface area (Å²) in [4.78, 5) is 25.7. The van der Waals surface area contributed by atoms with E-state index in [0.29, 0.717) is 13.1 Å². The standard InChI is InChI=1S/C19H26ClNO4/c1-14(20)12-21(13-15-6-8-16(24-5)9-7-15)17(22)10-11-18(23)25-19(2,3)4/h6-11,14H,12-13H2,1-5H3/t14-/m1/s1. The van der Waals surface area contributed by atoms with E-state index in [1.165, 1.54) is 6.42 Å². The monoisotopic (exact) mass is 367 g/mol. The molecule has 0 fully saturated rings. The molecule has 0 aromatic heterocycles. The van der Waals surface area contributed by atoms with Crippen LogP contribution in [0.3, 0.4) is 0 Å². The Hall–Kier alpha value is -1.75. The number of carbonyl (C=O) groups is 2. The first-order valence-electron chi connectivity index (χ1n) is 8.07. The lowest BCUT2D eigenvalue weighted by Crippen LogP contribution is -2.35. The largest absolute Gasteiger partial charge is 0.497 e. The van der Waals surface area contributed by atoms with Gasteiger partial charge in [-0.05, 0) is 45.4 Å². The number of methoxy groups -OCH3 is 1. The minimum absolute atomic E-state index is 0.211. The third-order valence-electron chi connectivity index (χ3n) is 3.08. The summed E-state index contributed by atoms with van der Waals surface area (Å²) in [6, 6.07) is 7.43. The first kappa shape index (κ1) is 21.3. The minimum Gasteiger partial charge on any atom is -0.497 e. The fourth-order valence-electron chi connectivity index (χ4n) is 2.07. The van der Waals surface area contributed by atoms with Crippen LogP contribution in [0.4, 0.5) is 0 Å². The van der Waals surface area contributed by atoms with E-state index in [1.807, 2.05) is 31.2 Å². The number of benzene rings is 1. The van der Waals surface area contributed by atoms with Crippen molar-refractivity contribution in [2.24, 2.45) is 0 Å². The van der Waals surface area contributed by atoms with Crippen molar-refractivity contribution in [2.75, 3.05) is 13.7 Å². The number of esters is 1. The smallest absolute Gasteiger partial charge is 0.311 e. The van der Waals surface area contributed by atoms with Crippen LogP contribution in [0.2, 0.25) is 0 Å². The zero-order valence-corrected chi connectivity index (χ0v) is 16.2. The summed E-state index contributed by atoms with van der Waals surface area (Å²) in [5.41, 5.74) is 0.342. The van der Waals surface area contributed by atoms with E-state index in [9.17, 15) is 9.59 Å². The Bertz CT molecular complexity index is 564. The number of hydrogen-bond acceptors (Lipinski definition) is 4. The lowest BCUT2D eigenvalue weighted by atomic mass is 10.1. The van der Waals surface area contributed by atoms with Gasteiger partial charge in [0.15, 0.2) is 0 Å². The molecule has 0 saturated carbocycles. The number of carbonyl (C=O) groups excluding carboxylic acids is 2. The van der Waals surface area contributed by atoms with Gasteiger partial charge in [-0.15, -0.1) is 11.6 Å². The van der Waals surface area contributed by atoms with Crippen LogP contribution >= 0.6 is 11.6 Å². The molecule has 0 aliphatic heterocycles. The lowest BCUT2D eigenvalue weighted by molar-refractivity contribution is -0.150. The summed E-state index contributed by atoms with van der Waals surface area (Å²) in [6.07, 6.45) is 2.37. The van der Waals surface area contributed by atoms with Gasteiger partial charge < -0.3 is 14.4 Å². The first-order valence-corrected chi connectivity index (χ1v) is 8.51. The van der Waals surface area contributed by atoms with Crippen molar-refractivity contribution < 1.29 is 19.1 Å². The van der Waals surface area contributed by atoms with Gasteiger partial charge in [-0.2, -0.15) is 0 Å². The van der Waals surface area contributed by atoms with Crippen molar-refractivity contribution in [1.29, 1.82) is 0 Å². The molecule has 0 aliphatic rings. The number of nitrogens with zero attached hydrogens (tertiary/aromatic N) is 1. The number of alkyl halides is 1. The van der Waals surface area contributed by atoms with E-state index >= 15 is 0 Å². The molecule has 138 valence electrons. The summed E-state index contributed by atoms with van der Waals surface area (Å²) in [7, 11) is 1.60. The van der Waals surface area contributed by atoms with E-state index in [1.54, 1.807) is 32.8 Å². The van der Waals surface area contributed by atoms with Gasteiger partial charge in [0.25, 0.3) is 0 Å². The third-order valence-corrected chi connectivity index (χ3v) is 3.22. The predicted molar refractivity (Wildman–Crippen MR) is 98.2 cm³/mol. The van der Waals surface area contributed by atoms with Crippen LogP contribution in [-0.2, 0) is 20.9 Å². The van der Waals surface area contributed by atoms with E-state index in [2.05, 4.69) is 0 Å². The van der Waals surface area contributed by atoms with Gasteiger partial charge in [0.1, 0.15) is 11.4 Å². The molecule has 0 heterocycles. The lowest BCUT2D eigenvalue weighted by Gasteiger charge is -2.24. The topological polar surface area (TPSA) is 55.8 Å². The maximum atomic E-state index is 12.4. The van der Waals surface area contributed by atoms with Crippen molar-refractivity contribution in [3.8, 4) is 5.75 Å². The Kier molecular flexibility index (Phi) is 8.23. The van der Waals surface area contributed by atoms with E-state index in [0.717, 1.165) is 17.7 Å². The SMILES string of the molecule is COc1ccc(CN(C[C@@H](C)Cl)C(=O)[CH][CH]C(=O)OC(C)(C)C)cc1. The number of halogens is 1. The van der Waals surface area contributed by atoms with Gasteiger partial charge in [0.05, 0.1) is 20.0 Å². The Morgan fingerprint density at radius 2 is 1.80 bits per heavy atom. The second kappa shape index (κ2) is 9.66. The van der Waals surface area contributed by atoms with Crippen LogP contribution in [-0.4, -0.2) is 41.4 Å². The van der Waals surface area contributed by atoms with Crippen LogP contribution in [0.1, 0.15) is 33.3 Å². The van der Waals surface area contributed by atoms with Gasteiger partial charge in [-0.25, -0.2) is 0 Å². The highest BCUT2D eigenvalue weighted by atomic mass is 35.5. The summed E-state index contributed by atoms with van der Waals surface area (Å²) in [6.45, 7) is 7.88. The molecule has 0 aliphatic carbocycles. The highest BCUT2D eigenvalue weighted by Gasteiger charge is 2.21. The van der Waals surface area contributed by atoms with Crippen LogP contribution in [0.5, 0.6) is 5.75 Å². The number of ether oxygens (including phenoxy) is 2. The van der Waals surface area contributed by atoms with Crippen LogP contribution in [0.15, 0.2) is 24.3 Å². The van der Waals surface area contributed by atoms with Crippen molar-refractivity contribution in [1.82, 2.24) is 4.90 Å². The van der Waals surface area contributed by atoms with Crippen molar-refractivity contribution in [3.63, 3.8) is 0 Å². The first-order chi connectivity index (χ1) is 11.6. The predicted octanol–water partition coefficient (Wildman–Crippen LogP) is 3.40. The zero-order chi connectivity index (χ0) is 19.0. The normalized spacial score (nSPS) is 12.4. The molecule has 0 bridgehead atoms. The zero-order valence-electron chi connectivity index (χ0n) is 15.4. The van der Waals surface area contributed by atoms with Crippen LogP contribution in [0.25, 0.3) is 0 Å². The number of rotatable bonds is 8. The molecule has 1 aromatic rings. The van der Waals surface area contributed by atoms with Gasteiger partial charge >= 0.3 is 5.97 Å².